The van der Waals surface area contributed by atoms with Crippen LogP contribution in [0.1, 0.15) is 15.4 Å². The van der Waals surface area contributed by atoms with Crippen molar-refractivity contribution < 1.29 is 9.53 Å². The van der Waals surface area contributed by atoms with Gasteiger partial charge in [0.1, 0.15) is 22.1 Å². The molecule has 0 saturated carbocycles. The fourth-order valence-electron chi connectivity index (χ4n) is 1.51. The van der Waals surface area contributed by atoms with E-state index in [9.17, 15) is 4.79 Å². The topological polar surface area (TPSA) is 77.2 Å². The first-order valence-electron chi connectivity index (χ1n) is 5.83. The average Bonchev–Trinajstić information content (AvgIpc) is 2.94. The van der Waals surface area contributed by atoms with Crippen LogP contribution in [-0.2, 0) is 0 Å². The molecule has 0 aliphatic rings. The molecule has 102 valence electrons. The van der Waals surface area contributed by atoms with Gasteiger partial charge in [-0.05, 0) is 29.5 Å². The number of methoxy groups -OCH3 is 1. The van der Waals surface area contributed by atoms with Gasteiger partial charge in [0, 0.05) is 0 Å². The molecule has 0 aliphatic carbocycles. The molecular formula is C14H13N3O2S. The minimum absolute atomic E-state index is 0.256. The lowest BCUT2D eigenvalue weighted by atomic mass is 10.3. The van der Waals surface area contributed by atoms with Crippen LogP contribution in [0.5, 0.6) is 5.75 Å². The van der Waals surface area contributed by atoms with E-state index < -0.39 is 0 Å². The zero-order valence-electron chi connectivity index (χ0n) is 10.8. The standard InChI is InChI=1S/C14H13N3O2S/c1-19-11-7-9-20-13(11)14(18)17-12-6-2-4-10(16-12)5-3-8-15/h2,4,6-7,9H,8,15H2,1H3,(H,16,17,18). The molecule has 0 radical (unpaired) electrons. The largest absolute Gasteiger partial charge is 0.495 e. The van der Waals surface area contributed by atoms with E-state index in [1.807, 2.05) is 0 Å². The Hall–Kier alpha value is -2.36. The van der Waals surface area contributed by atoms with E-state index in [0.29, 0.717) is 22.1 Å². The van der Waals surface area contributed by atoms with Gasteiger partial charge in [-0.3, -0.25) is 4.79 Å². The van der Waals surface area contributed by atoms with Crippen molar-refractivity contribution in [3.05, 3.63) is 40.2 Å². The predicted molar refractivity (Wildman–Crippen MR) is 79.0 cm³/mol. The molecule has 6 heteroatoms. The van der Waals surface area contributed by atoms with Gasteiger partial charge >= 0.3 is 0 Å². The number of amides is 1. The molecule has 0 aliphatic heterocycles. The van der Waals surface area contributed by atoms with Crippen molar-refractivity contribution in [2.24, 2.45) is 5.73 Å². The minimum Gasteiger partial charge on any atom is -0.495 e. The zero-order chi connectivity index (χ0) is 14.4. The number of carbonyl (C=O) groups is 1. The molecule has 0 aromatic carbocycles. The van der Waals surface area contributed by atoms with Crippen molar-refractivity contribution in [3.8, 4) is 17.6 Å². The maximum atomic E-state index is 12.1. The lowest BCUT2D eigenvalue weighted by Gasteiger charge is -2.05. The minimum atomic E-state index is -0.256. The van der Waals surface area contributed by atoms with E-state index in [1.165, 1.54) is 18.4 Å². The quantitative estimate of drug-likeness (QED) is 0.843. The number of rotatable bonds is 3. The van der Waals surface area contributed by atoms with Crippen molar-refractivity contribution in [1.82, 2.24) is 4.98 Å². The predicted octanol–water partition coefficient (Wildman–Crippen LogP) is 1.71. The molecule has 2 rings (SSSR count). The van der Waals surface area contributed by atoms with Crippen molar-refractivity contribution >= 4 is 23.1 Å². The Morgan fingerprint density at radius 3 is 3.10 bits per heavy atom. The number of carbonyl (C=O) groups excluding carboxylic acids is 1. The molecule has 2 heterocycles. The SMILES string of the molecule is COc1ccsc1C(=O)Nc1cccc(C#CCN)n1. The summed E-state index contributed by atoms with van der Waals surface area (Å²) in [4.78, 5) is 16.8. The Morgan fingerprint density at radius 2 is 2.35 bits per heavy atom. The first kappa shape index (κ1) is 14.1. The molecule has 2 aromatic heterocycles. The van der Waals surface area contributed by atoms with Crippen LogP contribution in [0.3, 0.4) is 0 Å². The van der Waals surface area contributed by atoms with E-state index in [4.69, 9.17) is 10.5 Å². The third-order valence-electron chi connectivity index (χ3n) is 2.36. The van der Waals surface area contributed by atoms with Crippen molar-refractivity contribution in [2.45, 2.75) is 0 Å². The molecule has 0 fully saturated rings. The first-order valence-corrected chi connectivity index (χ1v) is 6.71. The van der Waals surface area contributed by atoms with Crippen LogP contribution >= 0.6 is 11.3 Å². The summed E-state index contributed by atoms with van der Waals surface area (Å²) in [6.45, 7) is 0.269. The molecule has 20 heavy (non-hydrogen) atoms. The van der Waals surface area contributed by atoms with Crippen LogP contribution in [0.2, 0.25) is 0 Å². The Bertz CT molecular complexity index is 670. The maximum Gasteiger partial charge on any atom is 0.270 e. The number of hydrogen-bond donors (Lipinski definition) is 2. The van der Waals surface area contributed by atoms with Crippen LogP contribution in [0.15, 0.2) is 29.6 Å². The summed E-state index contributed by atoms with van der Waals surface area (Å²) in [7, 11) is 1.53. The van der Waals surface area contributed by atoms with Gasteiger partial charge in [0.2, 0.25) is 0 Å². The van der Waals surface area contributed by atoms with Gasteiger partial charge in [0.05, 0.1) is 13.7 Å². The number of hydrogen-bond acceptors (Lipinski definition) is 5. The third kappa shape index (κ3) is 3.35. The number of nitrogens with one attached hydrogen (secondary N) is 1. The average molecular weight is 287 g/mol. The van der Waals surface area contributed by atoms with Crippen LogP contribution in [-0.4, -0.2) is 24.5 Å². The molecule has 5 nitrogen and oxygen atoms in total. The summed E-state index contributed by atoms with van der Waals surface area (Å²) in [5.41, 5.74) is 5.87. The number of ether oxygens (including phenoxy) is 1. The van der Waals surface area contributed by atoms with Gasteiger partial charge in [-0.2, -0.15) is 0 Å². The maximum absolute atomic E-state index is 12.1. The van der Waals surface area contributed by atoms with Crippen LogP contribution in [0, 0.1) is 11.8 Å². The molecule has 0 saturated heterocycles. The van der Waals surface area contributed by atoms with Crippen molar-refractivity contribution in [3.63, 3.8) is 0 Å². The van der Waals surface area contributed by atoms with Gasteiger partial charge in [0.25, 0.3) is 5.91 Å². The summed E-state index contributed by atoms with van der Waals surface area (Å²) >= 11 is 1.31. The molecule has 3 N–H and O–H groups in total. The summed E-state index contributed by atoms with van der Waals surface area (Å²) < 4.78 is 5.11. The highest BCUT2D eigenvalue weighted by Crippen LogP contribution is 2.25. The summed E-state index contributed by atoms with van der Waals surface area (Å²) in [5.74, 6) is 6.26. The van der Waals surface area contributed by atoms with Gasteiger partial charge in [0.15, 0.2) is 0 Å². The Balaban J connectivity index is 2.16. The van der Waals surface area contributed by atoms with E-state index >= 15 is 0 Å². The number of thiophene rings is 1. The van der Waals surface area contributed by atoms with Crippen molar-refractivity contribution in [1.29, 1.82) is 0 Å². The van der Waals surface area contributed by atoms with Gasteiger partial charge in [-0.1, -0.05) is 12.0 Å². The van der Waals surface area contributed by atoms with E-state index in [1.54, 1.807) is 29.6 Å². The molecular weight excluding hydrogens is 274 g/mol. The molecule has 0 bridgehead atoms. The lowest BCUT2D eigenvalue weighted by Crippen LogP contribution is -2.12. The third-order valence-corrected chi connectivity index (χ3v) is 3.26. The summed E-state index contributed by atoms with van der Waals surface area (Å²) in [6.07, 6.45) is 0. The zero-order valence-corrected chi connectivity index (χ0v) is 11.7. The fraction of sp³-hybridized carbons (Fsp3) is 0.143. The van der Waals surface area contributed by atoms with E-state index in [-0.39, 0.29) is 12.5 Å². The summed E-state index contributed by atoms with van der Waals surface area (Å²) in [5, 5.41) is 4.51. The number of aromatic nitrogens is 1. The van der Waals surface area contributed by atoms with E-state index in [0.717, 1.165) is 0 Å². The smallest absolute Gasteiger partial charge is 0.270 e. The normalized spacial score (nSPS) is 9.50. The van der Waals surface area contributed by atoms with Crippen LogP contribution in [0.4, 0.5) is 5.82 Å². The highest BCUT2D eigenvalue weighted by molar-refractivity contribution is 7.12. The molecule has 0 unspecified atom stereocenters. The number of anilines is 1. The van der Waals surface area contributed by atoms with Gasteiger partial charge < -0.3 is 15.8 Å². The van der Waals surface area contributed by atoms with E-state index in [2.05, 4.69) is 22.1 Å². The number of nitrogens with zero attached hydrogens (tertiary/aromatic N) is 1. The Labute approximate surface area is 120 Å². The molecule has 0 spiro atoms. The Morgan fingerprint density at radius 1 is 1.50 bits per heavy atom. The molecule has 2 aromatic rings. The summed E-state index contributed by atoms with van der Waals surface area (Å²) in [6, 6.07) is 6.97. The second kappa shape index (κ2) is 6.70. The number of nitrogens with two attached hydrogens (primary N) is 1. The first-order chi connectivity index (χ1) is 9.74. The monoisotopic (exact) mass is 287 g/mol. The van der Waals surface area contributed by atoms with Gasteiger partial charge in [-0.25, -0.2) is 4.98 Å². The lowest BCUT2D eigenvalue weighted by molar-refractivity contribution is 0.102. The highest BCUT2D eigenvalue weighted by atomic mass is 32.1. The Kier molecular flexibility index (Phi) is 4.71. The molecule has 0 atom stereocenters. The highest BCUT2D eigenvalue weighted by Gasteiger charge is 2.14. The fourth-order valence-corrected chi connectivity index (χ4v) is 2.27. The second-order valence-electron chi connectivity index (χ2n) is 3.69. The van der Waals surface area contributed by atoms with Crippen LogP contribution < -0.4 is 15.8 Å². The van der Waals surface area contributed by atoms with Crippen LogP contribution in [0.25, 0.3) is 0 Å². The number of pyridine rings is 1. The molecule has 1 amide bonds. The second-order valence-corrected chi connectivity index (χ2v) is 4.60. The van der Waals surface area contributed by atoms with Crippen molar-refractivity contribution in [2.75, 3.05) is 19.0 Å². The van der Waals surface area contributed by atoms with Gasteiger partial charge in [-0.15, -0.1) is 11.3 Å².